The zero-order valence-corrected chi connectivity index (χ0v) is 45.3. The molecule has 3 atom stereocenters. The minimum absolute atomic E-state index is 0.00794. The lowest BCUT2D eigenvalue weighted by Crippen LogP contribution is -2.34. The maximum Gasteiger partial charge on any atom is 0.435 e. The average Bonchev–Trinajstić information content (AvgIpc) is 3.99. The summed E-state index contributed by atoms with van der Waals surface area (Å²) in [5.41, 5.74) is -1.29. The van der Waals surface area contributed by atoms with Crippen LogP contribution in [-0.4, -0.2) is 114 Å². The standard InChI is InChI=1S/C32H33ClF5N5O7S.C9H9F5N2.C5H12OS.C2H6/c1-19-3-4-23(28(40-19)26(39-18-45)15-20-13-21(34)16-22(35)14-20)24-5-6-25(33)27-29(24)42(17-32(36,37)38)41-30(27)43(51(2)47)31(46)50-12-11-49-10-9-48-8-7-44;1-2-16-7-5(3-4-8(7,10)11)6(15-16)9(12,13)14;1-5(2,3)7(4)6;1-2/h3-6,13-14,16,18,26,44H,7-12,15,17H2,1-2H3,(H,39,45);2-4H2,1H3;1-4H3;1-2H3. The summed E-state index contributed by atoms with van der Waals surface area (Å²) in [6, 6.07) is 7.63. The van der Waals surface area contributed by atoms with Crippen molar-refractivity contribution in [2.75, 3.05) is 56.5 Å². The Labute approximate surface area is 442 Å². The normalized spacial score (nSPS) is 14.2. The van der Waals surface area contributed by atoms with Crippen molar-refractivity contribution in [1.29, 1.82) is 0 Å². The summed E-state index contributed by atoms with van der Waals surface area (Å²) >= 11 is 6.57. The third kappa shape index (κ3) is 17.9. The van der Waals surface area contributed by atoms with Gasteiger partial charge in [-0.25, -0.2) is 17.8 Å². The lowest BCUT2D eigenvalue weighted by atomic mass is 9.94. The summed E-state index contributed by atoms with van der Waals surface area (Å²) in [6.45, 7) is 11.1. The molecule has 0 radical (unpaired) electrons. The molecule has 28 heteroatoms. The molecule has 424 valence electrons. The van der Waals surface area contributed by atoms with Crippen LogP contribution in [0.15, 0.2) is 42.5 Å². The summed E-state index contributed by atoms with van der Waals surface area (Å²) in [5, 5.41) is 18.3. The van der Waals surface area contributed by atoms with E-state index in [0.29, 0.717) is 27.2 Å². The molecule has 2 amide bonds. The molecule has 6 rings (SSSR count). The van der Waals surface area contributed by atoms with Crippen LogP contribution < -0.4 is 9.62 Å². The van der Waals surface area contributed by atoms with Gasteiger partial charge < -0.3 is 24.6 Å². The van der Waals surface area contributed by atoms with Gasteiger partial charge in [0.2, 0.25) is 6.41 Å². The Balaban J connectivity index is 0.000000496. The molecular formula is C48H60ClF10N7O8S2. The van der Waals surface area contributed by atoms with E-state index in [1.165, 1.54) is 25.1 Å². The number of benzene rings is 2. The first kappa shape index (κ1) is 65.1. The molecule has 3 unspecified atom stereocenters. The van der Waals surface area contributed by atoms with Crippen LogP contribution in [0, 0.1) is 18.6 Å². The number of carbonyl (C=O) groups excluding carboxylic acids is 2. The molecule has 0 spiro atoms. The van der Waals surface area contributed by atoms with E-state index >= 15 is 0 Å². The molecule has 3 aromatic heterocycles. The molecule has 1 aliphatic carbocycles. The van der Waals surface area contributed by atoms with Crippen molar-refractivity contribution in [1.82, 2.24) is 29.9 Å². The van der Waals surface area contributed by atoms with Gasteiger partial charge in [-0.3, -0.25) is 23.4 Å². The molecule has 2 aromatic carbocycles. The summed E-state index contributed by atoms with van der Waals surface area (Å²) in [7, 11) is -2.91. The predicted octanol–water partition coefficient (Wildman–Crippen LogP) is 10.3. The molecule has 0 bridgehead atoms. The van der Waals surface area contributed by atoms with Crippen molar-refractivity contribution in [2.24, 2.45) is 0 Å². The SMILES string of the molecule is CC.CCn1nc(C(F)(F)F)c2c1C(F)(F)CC2.CS(=O)C(C)(C)C.Cc1ccc(-c2ccc(Cl)c3c(N(C(=O)OCCOCCOCCO)S(C)=O)nn(CC(F)(F)F)c23)c(C(Cc2cc(F)cc(F)c2)NC=O)n1. The molecule has 76 heavy (non-hydrogen) atoms. The minimum atomic E-state index is -4.83. The van der Waals surface area contributed by atoms with Crippen molar-refractivity contribution < 1.29 is 81.2 Å². The number of halogens is 11. The predicted molar refractivity (Wildman–Crippen MR) is 268 cm³/mol. The van der Waals surface area contributed by atoms with Crippen molar-refractivity contribution in [3.05, 3.63) is 93.0 Å². The number of aryl methyl sites for hydroxylation is 2. The second kappa shape index (κ2) is 28.4. The quantitative estimate of drug-likeness (QED) is 0.0484. The van der Waals surface area contributed by atoms with Crippen LogP contribution in [-0.2, 0) is 78.8 Å². The van der Waals surface area contributed by atoms with E-state index in [2.05, 4.69) is 20.5 Å². The van der Waals surface area contributed by atoms with Gasteiger partial charge in [0.15, 0.2) is 11.5 Å². The highest BCUT2D eigenvalue weighted by molar-refractivity contribution is 7.86. The zero-order valence-electron chi connectivity index (χ0n) is 42.9. The van der Waals surface area contributed by atoms with Crippen molar-refractivity contribution >= 4 is 62.6 Å². The van der Waals surface area contributed by atoms with Crippen molar-refractivity contribution in [3.8, 4) is 11.1 Å². The maximum absolute atomic E-state index is 14.1. The summed E-state index contributed by atoms with van der Waals surface area (Å²) < 4.78 is 175. The number of alkyl halides is 8. The number of hydrogen-bond acceptors (Lipinski definition) is 11. The molecule has 15 nitrogen and oxygen atoms in total. The number of ether oxygens (including phenoxy) is 3. The number of anilines is 1. The van der Waals surface area contributed by atoms with Crippen LogP contribution in [0.1, 0.15) is 87.9 Å². The van der Waals surface area contributed by atoms with Gasteiger partial charge in [0.1, 0.15) is 41.5 Å². The number of rotatable bonds is 18. The topological polar surface area (TPSA) is 180 Å². The molecule has 2 N–H and O–H groups in total. The molecule has 0 fully saturated rings. The van der Waals surface area contributed by atoms with Gasteiger partial charge in [-0.1, -0.05) is 37.6 Å². The van der Waals surface area contributed by atoms with Gasteiger partial charge in [-0.15, -0.1) is 0 Å². The monoisotopic (exact) mass is 1150 g/mol. The second-order valence-corrected chi connectivity index (χ2v) is 20.9. The molecule has 0 aliphatic heterocycles. The van der Waals surface area contributed by atoms with Gasteiger partial charge in [-0.05, 0) is 77.3 Å². The van der Waals surface area contributed by atoms with E-state index in [1.54, 1.807) is 19.2 Å². The molecular weight excluding hydrogens is 1090 g/mol. The van der Waals surface area contributed by atoms with Crippen LogP contribution in [0.25, 0.3) is 22.0 Å². The fourth-order valence-electron chi connectivity index (χ4n) is 7.21. The van der Waals surface area contributed by atoms with E-state index in [0.717, 1.165) is 23.1 Å². The third-order valence-corrected chi connectivity index (χ3v) is 13.5. The first-order valence-electron chi connectivity index (χ1n) is 23.3. The van der Waals surface area contributed by atoms with Gasteiger partial charge in [0.25, 0.3) is 5.92 Å². The second-order valence-electron chi connectivity index (χ2n) is 17.2. The van der Waals surface area contributed by atoms with Gasteiger partial charge in [0, 0.05) is 69.5 Å². The summed E-state index contributed by atoms with van der Waals surface area (Å²) in [5.74, 6) is -5.40. The molecule has 0 saturated heterocycles. The summed E-state index contributed by atoms with van der Waals surface area (Å²) in [6.07, 6.45) is -8.53. The molecule has 1 aliphatic rings. The number of aromatic nitrogens is 5. The van der Waals surface area contributed by atoms with E-state index in [1.807, 2.05) is 34.6 Å². The number of nitrogens with one attached hydrogen (secondary N) is 1. The number of nitrogens with zero attached hydrogens (tertiary/aromatic N) is 6. The Morgan fingerprint density at radius 2 is 1.50 bits per heavy atom. The van der Waals surface area contributed by atoms with Gasteiger partial charge >= 0.3 is 18.4 Å². The number of pyridine rings is 1. The van der Waals surface area contributed by atoms with Gasteiger partial charge in [0.05, 0.1) is 60.7 Å². The number of aliphatic hydroxyl groups is 1. The number of hydrogen-bond donors (Lipinski definition) is 2. The lowest BCUT2D eigenvalue weighted by Gasteiger charge is -2.21. The molecule has 0 saturated carbocycles. The first-order valence-corrected chi connectivity index (χ1v) is 26.7. The van der Waals surface area contributed by atoms with Crippen LogP contribution in [0.3, 0.4) is 0 Å². The van der Waals surface area contributed by atoms with Crippen molar-refractivity contribution in [2.45, 2.75) is 110 Å². The lowest BCUT2D eigenvalue weighted by molar-refractivity contribution is -0.142. The Morgan fingerprint density at radius 3 is 2.03 bits per heavy atom. The zero-order chi connectivity index (χ0) is 57.5. The first-order chi connectivity index (χ1) is 35.4. The average molecular weight is 1150 g/mol. The van der Waals surface area contributed by atoms with Crippen LogP contribution in [0.2, 0.25) is 5.02 Å². The van der Waals surface area contributed by atoms with Crippen molar-refractivity contribution in [3.63, 3.8) is 0 Å². The summed E-state index contributed by atoms with van der Waals surface area (Å²) in [4.78, 5) is 29.5. The molecule has 3 heterocycles. The van der Waals surface area contributed by atoms with Crippen LogP contribution >= 0.6 is 11.6 Å². The Hall–Kier alpha value is -5.22. The van der Waals surface area contributed by atoms with Gasteiger partial charge in [-0.2, -0.15) is 49.6 Å². The fraction of sp³-hybridized carbons (Fsp3) is 0.521. The number of amides is 2. The Kier molecular flexibility index (Phi) is 24.3. The van der Waals surface area contributed by atoms with E-state index < -0.39 is 94.0 Å². The smallest absolute Gasteiger partial charge is 0.435 e. The number of fused-ring (bicyclic) bond motifs is 2. The highest BCUT2D eigenvalue weighted by atomic mass is 35.5. The Bertz CT molecular complexity index is 2770. The third-order valence-electron chi connectivity index (χ3n) is 10.7. The largest absolute Gasteiger partial charge is 0.446 e. The fourth-order valence-corrected chi connectivity index (χ4v) is 8.08. The Morgan fingerprint density at radius 1 is 0.921 bits per heavy atom. The van der Waals surface area contributed by atoms with E-state index in [-0.39, 0.29) is 108 Å². The maximum atomic E-state index is 14.1. The highest BCUT2D eigenvalue weighted by Gasteiger charge is 2.50. The molecule has 5 aromatic rings. The number of carbonyl (C=O) groups is 2. The van der Waals surface area contributed by atoms with Crippen LogP contribution in [0.4, 0.5) is 54.5 Å². The van der Waals surface area contributed by atoms with E-state index in [4.69, 9.17) is 30.9 Å². The van der Waals surface area contributed by atoms with E-state index in [9.17, 15) is 61.9 Å². The minimum Gasteiger partial charge on any atom is -0.446 e. The highest BCUT2D eigenvalue weighted by Crippen LogP contribution is 2.47. The van der Waals surface area contributed by atoms with Crippen LogP contribution in [0.5, 0.6) is 0 Å². The number of aliphatic hydroxyl groups excluding tert-OH is 1.